The van der Waals surface area contributed by atoms with Crippen LogP contribution in [0.25, 0.3) is 11.3 Å². The van der Waals surface area contributed by atoms with Gasteiger partial charge in [0, 0.05) is 29.9 Å². The quantitative estimate of drug-likeness (QED) is 0.314. The van der Waals surface area contributed by atoms with E-state index in [1.165, 1.54) is 36.2 Å². The first-order chi connectivity index (χ1) is 16.7. The summed E-state index contributed by atoms with van der Waals surface area (Å²) in [5.41, 5.74) is 4.17. The predicted molar refractivity (Wildman–Crippen MR) is 135 cm³/mol. The summed E-state index contributed by atoms with van der Waals surface area (Å²) in [6.07, 6.45) is 7.37. The molecule has 0 radical (unpaired) electrons. The summed E-state index contributed by atoms with van der Waals surface area (Å²) >= 11 is 1.47. The lowest BCUT2D eigenvalue weighted by molar-refractivity contribution is -0.119. The molecule has 5 rings (SSSR count). The Labute approximate surface area is 203 Å². The van der Waals surface area contributed by atoms with Crippen molar-refractivity contribution in [2.24, 2.45) is 0 Å². The molecule has 1 aliphatic rings. The smallest absolute Gasteiger partial charge is 0.239 e. The molecule has 0 atom stereocenters. The molecule has 2 N–H and O–H groups in total. The zero-order chi connectivity index (χ0) is 23.2. The fourth-order valence-electron chi connectivity index (χ4n) is 3.81. The van der Waals surface area contributed by atoms with Crippen molar-refractivity contribution >= 4 is 22.4 Å². The summed E-state index contributed by atoms with van der Waals surface area (Å²) in [6.45, 7) is 0.620. The van der Waals surface area contributed by atoms with Gasteiger partial charge in [-0.1, -0.05) is 30.7 Å². The maximum Gasteiger partial charge on any atom is 0.239 e. The number of hydrogen-bond donors (Lipinski definition) is 2. The normalized spacial score (nSPS) is 13.2. The van der Waals surface area contributed by atoms with Crippen molar-refractivity contribution in [2.75, 3.05) is 11.9 Å². The molecule has 2 aromatic heterocycles. The molecule has 1 saturated carbocycles. The number of anilines is 1. The van der Waals surface area contributed by atoms with E-state index in [-0.39, 0.29) is 12.5 Å². The number of carbonyl (C=O) groups excluding carboxylic acids is 1. The van der Waals surface area contributed by atoms with E-state index in [1.807, 2.05) is 47.8 Å². The topological polar surface area (TPSA) is 76.1 Å². The molecule has 0 bridgehead atoms. The third kappa shape index (κ3) is 5.61. The Hall–Kier alpha value is -3.71. The summed E-state index contributed by atoms with van der Waals surface area (Å²) in [7, 11) is 0. The zero-order valence-corrected chi connectivity index (χ0v) is 19.6. The first kappa shape index (κ1) is 22.1. The molecule has 7 heteroatoms. The molecule has 0 aliphatic heterocycles. The minimum Gasteiger partial charge on any atom is -0.457 e. The van der Waals surface area contributed by atoms with Gasteiger partial charge in [-0.3, -0.25) is 9.78 Å². The molecule has 0 saturated heterocycles. The summed E-state index contributed by atoms with van der Waals surface area (Å²) in [4.78, 5) is 20.9. The van der Waals surface area contributed by atoms with E-state index in [2.05, 4.69) is 38.8 Å². The van der Waals surface area contributed by atoms with Gasteiger partial charge in [0.05, 0.1) is 12.2 Å². The number of nitrogens with one attached hydrogen (secondary N) is 2. The van der Waals surface area contributed by atoms with Crippen molar-refractivity contribution in [1.82, 2.24) is 15.3 Å². The molecule has 4 aromatic rings. The van der Waals surface area contributed by atoms with E-state index < -0.39 is 0 Å². The fraction of sp³-hybridized carbons (Fsp3) is 0.222. The van der Waals surface area contributed by atoms with Crippen LogP contribution < -0.4 is 15.4 Å². The molecule has 0 spiro atoms. The lowest BCUT2D eigenvalue weighted by Gasteiger charge is -2.26. The highest BCUT2D eigenvalue weighted by Gasteiger charge is 2.19. The van der Waals surface area contributed by atoms with E-state index >= 15 is 0 Å². The molecule has 1 amide bonds. The molecule has 34 heavy (non-hydrogen) atoms. The predicted octanol–water partition coefficient (Wildman–Crippen LogP) is 5.99. The average molecular weight is 471 g/mol. The molecule has 2 aromatic carbocycles. The van der Waals surface area contributed by atoms with Crippen LogP contribution in [0.3, 0.4) is 0 Å². The number of nitrogens with zero attached hydrogens (tertiary/aromatic N) is 2. The number of thiazole rings is 1. The Morgan fingerprint density at radius 2 is 1.94 bits per heavy atom. The van der Waals surface area contributed by atoms with Crippen LogP contribution in [0.5, 0.6) is 11.5 Å². The van der Waals surface area contributed by atoms with Crippen LogP contribution in [0.2, 0.25) is 0 Å². The lowest BCUT2D eigenvalue weighted by Crippen LogP contribution is -2.29. The number of rotatable bonds is 9. The van der Waals surface area contributed by atoms with E-state index in [9.17, 15) is 4.79 Å². The summed E-state index contributed by atoms with van der Waals surface area (Å²) in [6, 6.07) is 20.0. The van der Waals surface area contributed by atoms with Crippen LogP contribution in [0.15, 0.2) is 78.4 Å². The van der Waals surface area contributed by atoms with Gasteiger partial charge in [0.25, 0.3) is 0 Å². The molecule has 172 valence electrons. The molecule has 6 nitrogen and oxygen atoms in total. The van der Waals surface area contributed by atoms with Crippen LogP contribution in [-0.2, 0) is 11.3 Å². The summed E-state index contributed by atoms with van der Waals surface area (Å²) in [5, 5.41) is 8.67. The Bertz CT molecular complexity index is 1240. The van der Waals surface area contributed by atoms with E-state index in [0.717, 1.165) is 28.3 Å². The Kier molecular flexibility index (Phi) is 6.81. The largest absolute Gasteiger partial charge is 0.457 e. The van der Waals surface area contributed by atoms with E-state index in [0.29, 0.717) is 17.6 Å². The average Bonchev–Trinajstić information content (AvgIpc) is 3.31. The van der Waals surface area contributed by atoms with Crippen molar-refractivity contribution in [2.45, 2.75) is 31.7 Å². The first-order valence-corrected chi connectivity index (χ1v) is 12.3. The SMILES string of the molecule is O=C(CNc1nc(-c2cccnc2)cs1)NCc1ccc(Oc2cccc(C3CCC3)c2)cc1. The van der Waals surface area contributed by atoms with Gasteiger partial charge in [-0.15, -0.1) is 11.3 Å². The van der Waals surface area contributed by atoms with Gasteiger partial charge < -0.3 is 15.4 Å². The van der Waals surface area contributed by atoms with Crippen molar-refractivity contribution in [3.05, 3.63) is 89.6 Å². The number of amides is 1. The molecule has 1 fully saturated rings. The Balaban J connectivity index is 1.08. The Morgan fingerprint density at radius 1 is 1.06 bits per heavy atom. The van der Waals surface area contributed by atoms with Gasteiger partial charge in [-0.05, 0) is 66.3 Å². The minimum atomic E-state index is -0.0914. The van der Waals surface area contributed by atoms with Gasteiger partial charge in [0.1, 0.15) is 11.5 Å². The molecular weight excluding hydrogens is 444 g/mol. The molecule has 1 aliphatic carbocycles. The zero-order valence-electron chi connectivity index (χ0n) is 18.7. The second-order valence-electron chi connectivity index (χ2n) is 8.36. The monoisotopic (exact) mass is 470 g/mol. The highest BCUT2D eigenvalue weighted by Crippen LogP contribution is 2.38. The molecule has 2 heterocycles. The fourth-order valence-corrected chi connectivity index (χ4v) is 4.52. The Morgan fingerprint density at radius 3 is 2.71 bits per heavy atom. The number of benzene rings is 2. The van der Waals surface area contributed by atoms with Crippen molar-refractivity contribution in [1.29, 1.82) is 0 Å². The molecule has 0 unspecified atom stereocenters. The van der Waals surface area contributed by atoms with Crippen molar-refractivity contribution in [3.63, 3.8) is 0 Å². The standard InChI is InChI=1S/C27H26N4O2S/c32-26(17-30-27-31-25(18-34-27)22-7-3-13-28-16-22)29-15-19-9-11-23(12-10-19)33-24-8-2-6-21(14-24)20-4-1-5-20/h2-3,6-14,16,18,20H,1,4-5,15,17H2,(H,29,32)(H,30,31). The maximum atomic E-state index is 12.3. The van der Waals surface area contributed by atoms with E-state index in [4.69, 9.17) is 4.74 Å². The summed E-state index contributed by atoms with van der Waals surface area (Å²) in [5.74, 6) is 2.25. The van der Waals surface area contributed by atoms with Crippen LogP contribution in [-0.4, -0.2) is 22.4 Å². The van der Waals surface area contributed by atoms with Crippen molar-refractivity contribution < 1.29 is 9.53 Å². The number of ether oxygens (including phenoxy) is 1. The molecular formula is C27H26N4O2S. The third-order valence-corrected chi connectivity index (χ3v) is 6.75. The highest BCUT2D eigenvalue weighted by molar-refractivity contribution is 7.14. The van der Waals surface area contributed by atoms with Gasteiger partial charge in [-0.2, -0.15) is 0 Å². The number of aromatic nitrogens is 2. The van der Waals surface area contributed by atoms with Gasteiger partial charge >= 0.3 is 0 Å². The second-order valence-corrected chi connectivity index (χ2v) is 9.21. The number of pyridine rings is 1. The highest BCUT2D eigenvalue weighted by atomic mass is 32.1. The summed E-state index contributed by atoms with van der Waals surface area (Å²) < 4.78 is 6.03. The van der Waals surface area contributed by atoms with E-state index in [1.54, 1.807) is 12.4 Å². The lowest BCUT2D eigenvalue weighted by atomic mass is 9.80. The minimum absolute atomic E-state index is 0.0914. The second kappa shape index (κ2) is 10.5. The van der Waals surface area contributed by atoms with Crippen LogP contribution >= 0.6 is 11.3 Å². The van der Waals surface area contributed by atoms with Gasteiger partial charge in [-0.25, -0.2) is 4.98 Å². The van der Waals surface area contributed by atoms with Gasteiger partial charge in [0.2, 0.25) is 5.91 Å². The van der Waals surface area contributed by atoms with Crippen LogP contribution in [0.1, 0.15) is 36.3 Å². The maximum absolute atomic E-state index is 12.3. The number of carbonyl (C=O) groups is 1. The first-order valence-electron chi connectivity index (χ1n) is 11.5. The van der Waals surface area contributed by atoms with Crippen LogP contribution in [0.4, 0.5) is 5.13 Å². The number of hydrogen-bond acceptors (Lipinski definition) is 6. The van der Waals surface area contributed by atoms with Crippen molar-refractivity contribution in [3.8, 4) is 22.8 Å². The van der Waals surface area contributed by atoms with Gasteiger partial charge in [0.15, 0.2) is 5.13 Å². The van der Waals surface area contributed by atoms with Crippen LogP contribution in [0, 0.1) is 0 Å². The third-order valence-electron chi connectivity index (χ3n) is 5.95.